The smallest absolute Gasteiger partial charge is 0.303 e. The highest BCUT2D eigenvalue weighted by molar-refractivity contribution is 5.68. The van der Waals surface area contributed by atoms with Gasteiger partial charge in [0, 0.05) is 38.5 Å². The molecular weight excluding hydrogens is 584 g/mol. The van der Waals surface area contributed by atoms with E-state index in [4.69, 9.17) is 18.9 Å². The molecule has 4 fully saturated rings. The molecule has 0 heterocycles. The van der Waals surface area contributed by atoms with Crippen molar-refractivity contribution in [2.75, 3.05) is 6.61 Å². The number of fused-ring (bicyclic) bond motifs is 6. The number of carbonyl (C=O) groups excluding carboxylic acids is 4. The number of carbonyl (C=O) groups is 4. The van der Waals surface area contributed by atoms with E-state index in [0.29, 0.717) is 18.3 Å². The summed E-state index contributed by atoms with van der Waals surface area (Å²) in [6.07, 6.45) is 9.84. The molecule has 0 bridgehead atoms. The highest BCUT2D eigenvalue weighted by atomic mass is 16.6. The van der Waals surface area contributed by atoms with Gasteiger partial charge in [-0.15, -0.1) is 0 Å². The van der Waals surface area contributed by atoms with Crippen LogP contribution < -0.4 is 0 Å². The minimum Gasteiger partial charge on any atom is -0.465 e. The molecule has 0 saturated heterocycles. The Bertz CT molecular complexity index is 1290. The third kappa shape index (κ3) is 5.71. The first-order chi connectivity index (χ1) is 21.3. The summed E-state index contributed by atoms with van der Waals surface area (Å²) in [5.74, 6) is 0.0487. The van der Waals surface area contributed by atoms with Crippen LogP contribution in [0.2, 0.25) is 0 Å². The number of rotatable bonds is 5. The average molecular weight is 643 g/mol. The third-order valence-electron chi connectivity index (χ3n) is 14.0. The van der Waals surface area contributed by atoms with Crippen molar-refractivity contribution in [1.29, 1.82) is 0 Å². The molecule has 0 aromatic rings. The number of hydrogen-bond donors (Lipinski definition) is 0. The molecule has 258 valence electrons. The van der Waals surface area contributed by atoms with Crippen LogP contribution in [0.5, 0.6) is 0 Å². The first kappa shape index (κ1) is 34.9. The van der Waals surface area contributed by atoms with Crippen LogP contribution in [0.1, 0.15) is 127 Å². The zero-order valence-electron chi connectivity index (χ0n) is 30.0. The zero-order chi connectivity index (χ0) is 34.0. The number of ether oxygens (including phenoxy) is 4. The fraction of sp³-hybridized carbons (Fsp3) is 0.842. The Kier molecular flexibility index (Phi) is 9.07. The van der Waals surface area contributed by atoms with Crippen molar-refractivity contribution in [3.63, 3.8) is 0 Å². The Hall–Kier alpha value is -2.38. The van der Waals surface area contributed by atoms with E-state index in [9.17, 15) is 19.2 Å². The third-order valence-corrected chi connectivity index (χ3v) is 14.0. The normalized spacial score (nSPS) is 44.4. The van der Waals surface area contributed by atoms with Crippen LogP contribution in [0.15, 0.2) is 11.6 Å². The zero-order valence-corrected chi connectivity index (χ0v) is 30.0. The maximum Gasteiger partial charge on any atom is 0.303 e. The molecule has 8 nitrogen and oxygen atoms in total. The lowest BCUT2D eigenvalue weighted by molar-refractivity contribution is -0.212. The lowest BCUT2D eigenvalue weighted by atomic mass is 9.41. The van der Waals surface area contributed by atoms with Crippen LogP contribution in [0, 0.1) is 50.7 Å². The van der Waals surface area contributed by atoms with E-state index in [1.54, 1.807) is 5.57 Å². The minimum absolute atomic E-state index is 0.000552. The molecule has 0 aromatic heterocycles. The van der Waals surface area contributed by atoms with Crippen molar-refractivity contribution in [1.82, 2.24) is 0 Å². The standard InChI is InChI=1S/C38H58O8/c1-22(39)43-21-38(10)31-15-17-35(7)19-26-11-13-29-34(5,6)33(46-25(4)42)28(44-23(2)40)20-37(29,9)27(26)12-14-30(35)36(31,8)18-16-32(38)45-24(3)41/h11,27-33H,12-21H2,1-10H3. The van der Waals surface area contributed by atoms with E-state index < -0.39 is 17.6 Å². The van der Waals surface area contributed by atoms with Gasteiger partial charge in [-0.2, -0.15) is 0 Å². The molecule has 11 unspecified atom stereocenters. The molecule has 5 rings (SSSR count). The van der Waals surface area contributed by atoms with Gasteiger partial charge >= 0.3 is 23.9 Å². The number of esters is 4. The molecule has 46 heavy (non-hydrogen) atoms. The second kappa shape index (κ2) is 11.9. The average Bonchev–Trinajstić information content (AvgIpc) is 3.08. The van der Waals surface area contributed by atoms with Gasteiger partial charge in [0.1, 0.15) is 24.9 Å². The summed E-state index contributed by atoms with van der Waals surface area (Å²) in [5, 5.41) is 0. The maximum absolute atomic E-state index is 12.3. The van der Waals surface area contributed by atoms with Crippen molar-refractivity contribution >= 4 is 23.9 Å². The van der Waals surface area contributed by atoms with Gasteiger partial charge in [0.15, 0.2) is 0 Å². The number of hydrogen-bond acceptors (Lipinski definition) is 8. The van der Waals surface area contributed by atoms with Crippen LogP contribution in [0.25, 0.3) is 0 Å². The molecule has 5 aliphatic rings. The van der Waals surface area contributed by atoms with Crippen molar-refractivity contribution < 1.29 is 38.1 Å². The summed E-state index contributed by atoms with van der Waals surface area (Å²) in [5.41, 5.74) is 0.702. The summed E-state index contributed by atoms with van der Waals surface area (Å²) in [4.78, 5) is 48.8. The Balaban J connectivity index is 1.49. The lowest BCUT2D eigenvalue weighted by Crippen LogP contribution is -2.61. The van der Waals surface area contributed by atoms with Crippen LogP contribution >= 0.6 is 0 Å². The van der Waals surface area contributed by atoms with Gasteiger partial charge in [0.05, 0.1) is 0 Å². The second-order valence-electron chi connectivity index (χ2n) is 17.3. The van der Waals surface area contributed by atoms with Crippen LogP contribution in [0.3, 0.4) is 0 Å². The highest BCUT2D eigenvalue weighted by Gasteiger charge is 2.66. The summed E-state index contributed by atoms with van der Waals surface area (Å²) >= 11 is 0. The van der Waals surface area contributed by atoms with E-state index in [-0.39, 0.29) is 70.1 Å². The lowest BCUT2D eigenvalue weighted by Gasteiger charge is -2.64. The molecule has 0 aromatic carbocycles. The second-order valence-corrected chi connectivity index (χ2v) is 17.3. The first-order valence-corrected chi connectivity index (χ1v) is 17.6. The van der Waals surface area contributed by atoms with Gasteiger partial charge < -0.3 is 18.9 Å². The van der Waals surface area contributed by atoms with E-state index in [2.05, 4.69) is 47.6 Å². The summed E-state index contributed by atoms with van der Waals surface area (Å²) < 4.78 is 23.5. The number of allylic oxidation sites excluding steroid dienone is 2. The predicted molar refractivity (Wildman–Crippen MR) is 173 cm³/mol. The molecule has 0 aliphatic heterocycles. The van der Waals surface area contributed by atoms with Crippen LogP contribution in [0.4, 0.5) is 0 Å². The Morgan fingerprint density at radius 2 is 1.37 bits per heavy atom. The maximum atomic E-state index is 12.3. The van der Waals surface area contributed by atoms with Gasteiger partial charge in [-0.3, -0.25) is 19.2 Å². The molecular formula is C38H58O8. The Morgan fingerprint density at radius 3 is 1.98 bits per heavy atom. The van der Waals surface area contributed by atoms with Crippen molar-refractivity contribution in [2.24, 2.45) is 50.7 Å². The topological polar surface area (TPSA) is 105 Å². The van der Waals surface area contributed by atoms with Crippen LogP contribution in [-0.2, 0) is 38.1 Å². The summed E-state index contributed by atoms with van der Waals surface area (Å²) in [6, 6.07) is 0. The van der Waals surface area contributed by atoms with Gasteiger partial charge in [-0.25, -0.2) is 0 Å². The predicted octanol–water partition coefficient (Wildman–Crippen LogP) is 7.37. The van der Waals surface area contributed by atoms with Crippen molar-refractivity contribution in [3.05, 3.63) is 11.6 Å². The molecule has 5 aliphatic carbocycles. The van der Waals surface area contributed by atoms with E-state index >= 15 is 0 Å². The van der Waals surface area contributed by atoms with Gasteiger partial charge in [-0.1, -0.05) is 53.2 Å². The summed E-state index contributed by atoms with van der Waals surface area (Å²) in [6.45, 7) is 20.0. The molecule has 0 N–H and O–H groups in total. The van der Waals surface area contributed by atoms with Crippen molar-refractivity contribution in [2.45, 2.75) is 145 Å². The van der Waals surface area contributed by atoms with Gasteiger partial charge in [-0.05, 0) is 97.7 Å². The van der Waals surface area contributed by atoms with Gasteiger partial charge in [0.25, 0.3) is 0 Å². The van der Waals surface area contributed by atoms with E-state index in [1.807, 2.05) is 0 Å². The highest BCUT2D eigenvalue weighted by Crippen LogP contribution is 2.70. The first-order valence-electron chi connectivity index (χ1n) is 17.6. The SMILES string of the molecule is CC(=O)OCC1(C)C(OC(C)=O)CCC2(C)C3CCC4C(=CCC5C(C)(C)C(OC(C)=O)C(OC(C)=O)CC45C)CC3(C)CCC12. The quantitative estimate of drug-likeness (QED) is 0.174. The molecule has 4 saturated carbocycles. The minimum atomic E-state index is -0.491. The fourth-order valence-corrected chi connectivity index (χ4v) is 12.4. The Morgan fingerprint density at radius 1 is 0.717 bits per heavy atom. The Labute approximate surface area is 276 Å². The molecule has 8 heteroatoms. The molecule has 0 amide bonds. The van der Waals surface area contributed by atoms with Crippen LogP contribution in [-0.4, -0.2) is 48.8 Å². The molecule has 0 radical (unpaired) electrons. The monoisotopic (exact) mass is 642 g/mol. The molecule has 11 atom stereocenters. The summed E-state index contributed by atoms with van der Waals surface area (Å²) in [7, 11) is 0. The van der Waals surface area contributed by atoms with Crippen molar-refractivity contribution in [3.8, 4) is 0 Å². The largest absolute Gasteiger partial charge is 0.465 e. The van der Waals surface area contributed by atoms with E-state index in [1.165, 1.54) is 27.7 Å². The fourth-order valence-electron chi connectivity index (χ4n) is 12.4. The van der Waals surface area contributed by atoms with Gasteiger partial charge in [0.2, 0.25) is 0 Å². The van der Waals surface area contributed by atoms with E-state index in [0.717, 1.165) is 51.4 Å². The molecule has 0 spiro atoms.